The quantitative estimate of drug-likeness (QED) is 0.0772. The second kappa shape index (κ2) is 22.3. The Hall–Kier alpha value is -0.280. The summed E-state index contributed by atoms with van der Waals surface area (Å²) in [7, 11) is 0. The van der Waals surface area contributed by atoms with Gasteiger partial charge in [0.15, 0.2) is 0 Å². The zero-order chi connectivity index (χ0) is 33.6. The van der Waals surface area contributed by atoms with Crippen molar-refractivity contribution in [2.24, 2.45) is 0 Å². The predicted molar refractivity (Wildman–Crippen MR) is 196 cm³/mol. The number of rotatable bonds is 29. The molecule has 0 spiro atoms. The number of hydrogen-bond donors (Lipinski definition) is 2. The van der Waals surface area contributed by atoms with E-state index < -0.39 is 37.8 Å². The van der Waals surface area contributed by atoms with Crippen LogP contribution in [0.4, 0.5) is 0 Å². The van der Waals surface area contributed by atoms with Crippen LogP contribution in [0.1, 0.15) is 158 Å². The first kappa shape index (κ1) is 43.7. The Balaban J connectivity index is 6.59. The van der Waals surface area contributed by atoms with Gasteiger partial charge in [-0.25, -0.2) is 0 Å². The Bertz CT molecular complexity index is 638. The fraction of sp³-hybridized carbons (Fsp3) is 0.944. The average Bonchev–Trinajstić information content (AvgIpc) is 3.04. The molecule has 2 atom stereocenters. The summed E-state index contributed by atoms with van der Waals surface area (Å²) in [5.41, 5.74) is 0. The van der Waals surface area contributed by atoms with Crippen molar-refractivity contribution in [3.8, 4) is 0 Å². The first-order valence-corrected chi connectivity index (χ1v) is 24.6. The van der Waals surface area contributed by atoms with Crippen molar-refractivity contribution in [1.82, 2.24) is 0 Å². The maximum absolute atomic E-state index is 13.9. The van der Waals surface area contributed by atoms with E-state index in [1.807, 2.05) is 0 Å². The molecular formula is C36H76O6P2. The SMILES string of the molecule is CCCCP(CCCC)(CCCC)(CCCC)OC(=O)[C@@H](O)[C@@H](O)C(=O)OP(CCCC)(CCCC)(CCCC)CCCC. The summed E-state index contributed by atoms with van der Waals surface area (Å²) in [6.45, 7) is 11.3. The molecule has 0 rings (SSSR count). The molecule has 2 N–H and O–H groups in total. The number of unbranched alkanes of at least 4 members (excludes halogenated alkanes) is 8. The van der Waals surface area contributed by atoms with E-state index in [1.54, 1.807) is 0 Å². The standard InChI is InChI=1S/C36H76O6P2/c1-9-17-25-43(26-18-10-2,27-19-11-3,28-20-12-4)41-35(39)33(37)34(38)36(40)42-44(29-21-13-5,30-22-14-6,31-23-15-7)32-24-16-8/h33-34,37-38H,9-32H2,1-8H3/t33-,34+. The van der Waals surface area contributed by atoms with Crippen LogP contribution in [0.15, 0.2) is 0 Å². The van der Waals surface area contributed by atoms with Crippen molar-refractivity contribution in [3.05, 3.63) is 0 Å². The van der Waals surface area contributed by atoms with Crippen LogP contribution in [0.3, 0.4) is 0 Å². The Morgan fingerprint density at radius 2 is 0.568 bits per heavy atom. The van der Waals surface area contributed by atoms with Crippen molar-refractivity contribution in [2.45, 2.75) is 170 Å². The monoisotopic (exact) mass is 667 g/mol. The molecule has 44 heavy (non-hydrogen) atoms. The van der Waals surface area contributed by atoms with Gasteiger partial charge in [-0.1, -0.05) is 0 Å². The molecule has 8 heteroatoms. The molecule has 0 saturated carbocycles. The van der Waals surface area contributed by atoms with Crippen LogP contribution in [0.2, 0.25) is 0 Å². The van der Waals surface area contributed by atoms with Crippen LogP contribution in [-0.4, -0.2) is 83.7 Å². The molecule has 0 saturated heterocycles. The molecule has 0 unspecified atom stereocenters. The van der Waals surface area contributed by atoms with Crippen LogP contribution in [0.5, 0.6) is 0 Å². The van der Waals surface area contributed by atoms with E-state index in [2.05, 4.69) is 55.4 Å². The van der Waals surface area contributed by atoms with E-state index in [-0.39, 0.29) is 0 Å². The van der Waals surface area contributed by atoms with Gasteiger partial charge < -0.3 is 0 Å². The van der Waals surface area contributed by atoms with Gasteiger partial charge >= 0.3 is 274 Å². The summed E-state index contributed by atoms with van der Waals surface area (Å²) in [5.74, 6) is -1.65. The van der Waals surface area contributed by atoms with Crippen molar-refractivity contribution >= 4 is 25.6 Å². The number of hydrogen-bond acceptors (Lipinski definition) is 6. The van der Waals surface area contributed by atoms with Gasteiger partial charge in [-0.15, -0.1) is 0 Å². The van der Waals surface area contributed by atoms with Crippen molar-refractivity contribution in [3.63, 3.8) is 0 Å². The summed E-state index contributed by atoms with van der Waals surface area (Å²) in [6.07, 6.45) is 18.9. The molecule has 266 valence electrons. The molecule has 0 radical (unpaired) electrons. The molecule has 0 bridgehead atoms. The second-order valence-electron chi connectivity index (χ2n) is 14.0. The van der Waals surface area contributed by atoms with E-state index >= 15 is 0 Å². The van der Waals surface area contributed by atoms with Crippen molar-refractivity contribution < 1.29 is 28.8 Å². The van der Waals surface area contributed by atoms with Crippen molar-refractivity contribution in [2.75, 3.05) is 49.3 Å². The van der Waals surface area contributed by atoms with Gasteiger partial charge in [0.05, 0.1) is 0 Å². The topological polar surface area (TPSA) is 93.1 Å². The van der Waals surface area contributed by atoms with Gasteiger partial charge in [0.1, 0.15) is 0 Å². The second-order valence-corrected chi connectivity index (χ2v) is 25.4. The number of aliphatic hydroxyl groups excluding tert-OH is 2. The molecular weight excluding hydrogens is 590 g/mol. The number of aliphatic hydroxyl groups is 2. The molecule has 0 aliphatic heterocycles. The van der Waals surface area contributed by atoms with Gasteiger partial charge in [0.25, 0.3) is 0 Å². The van der Waals surface area contributed by atoms with Gasteiger partial charge in [0.2, 0.25) is 0 Å². The fourth-order valence-electron chi connectivity index (χ4n) is 7.05. The number of carbonyl (C=O) groups is 2. The Labute approximate surface area is 273 Å². The maximum atomic E-state index is 13.9. The van der Waals surface area contributed by atoms with E-state index in [9.17, 15) is 19.8 Å². The summed E-state index contributed by atoms with van der Waals surface area (Å²) in [4.78, 5) is 27.8. The van der Waals surface area contributed by atoms with Gasteiger partial charge in [0, 0.05) is 0 Å². The van der Waals surface area contributed by atoms with Gasteiger partial charge in [-0.05, 0) is 0 Å². The molecule has 0 aromatic rings. The Kier molecular flexibility index (Phi) is 22.2. The van der Waals surface area contributed by atoms with Crippen LogP contribution < -0.4 is 0 Å². The summed E-state index contributed by atoms with van der Waals surface area (Å²) < 4.78 is 13.3. The average molecular weight is 667 g/mol. The molecule has 0 amide bonds. The summed E-state index contributed by atoms with van der Waals surface area (Å²) in [5, 5.41) is 22.7. The molecule has 0 heterocycles. The van der Waals surface area contributed by atoms with E-state index in [0.29, 0.717) is 0 Å². The molecule has 6 nitrogen and oxygen atoms in total. The molecule has 0 aliphatic rings. The Morgan fingerprint density at radius 1 is 0.409 bits per heavy atom. The zero-order valence-corrected chi connectivity index (χ0v) is 32.3. The van der Waals surface area contributed by atoms with Gasteiger partial charge in [-0.2, -0.15) is 0 Å². The van der Waals surface area contributed by atoms with Gasteiger partial charge in [-0.3, -0.25) is 0 Å². The van der Waals surface area contributed by atoms with E-state index in [0.717, 1.165) is 152 Å². The number of carbonyl (C=O) groups excluding carboxylic acids is 2. The van der Waals surface area contributed by atoms with E-state index in [4.69, 9.17) is 9.05 Å². The third-order valence-electron chi connectivity index (χ3n) is 10.1. The zero-order valence-electron chi connectivity index (χ0n) is 30.5. The summed E-state index contributed by atoms with van der Waals surface area (Å²) in [6, 6.07) is 0. The minimum absolute atomic E-state index is 0.823. The predicted octanol–water partition coefficient (Wildman–Crippen LogP) is 10.1. The van der Waals surface area contributed by atoms with Crippen LogP contribution in [0.25, 0.3) is 0 Å². The third kappa shape index (κ3) is 13.4. The first-order valence-electron chi connectivity index (χ1n) is 18.8. The molecule has 0 aliphatic carbocycles. The molecule has 0 aromatic heterocycles. The van der Waals surface area contributed by atoms with E-state index in [1.165, 1.54) is 0 Å². The van der Waals surface area contributed by atoms with Crippen LogP contribution in [-0.2, 0) is 18.6 Å². The molecule has 0 aromatic carbocycles. The van der Waals surface area contributed by atoms with Crippen molar-refractivity contribution in [1.29, 1.82) is 0 Å². The first-order chi connectivity index (χ1) is 20.9. The van der Waals surface area contributed by atoms with Crippen LogP contribution in [0, 0.1) is 0 Å². The molecule has 0 fully saturated rings. The minimum atomic E-state index is -3.04. The third-order valence-corrected chi connectivity index (χ3v) is 23.1. The summed E-state index contributed by atoms with van der Waals surface area (Å²) >= 11 is 0. The van der Waals surface area contributed by atoms with Crippen LogP contribution >= 0.6 is 13.7 Å². The fourth-order valence-corrected chi connectivity index (χ4v) is 20.6. The normalized spacial score (nSPS) is 15.5. The Morgan fingerprint density at radius 3 is 0.705 bits per heavy atom.